The maximum absolute atomic E-state index is 13.0. The van der Waals surface area contributed by atoms with Crippen LogP contribution in [0.15, 0.2) is 30.5 Å². The molecule has 174 valence electrons. The van der Waals surface area contributed by atoms with Crippen LogP contribution < -0.4 is 10.1 Å². The van der Waals surface area contributed by atoms with Crippen LogP contribution in [0.2, 0.25) is 0 Å². The maximum atomic E-state index is 13.0. The lowest BCUT2D eigenvalue weighted by Gasteiger charge is -2.27. The van der Waals surface area contributed by atoms with Crippen LogP contribution in [0.3, 0.4) is 0 Å². The lowest BCUT2D eigenvalue weighted by atomic mass is 10.0. The Hall–Kier alpha value is -3.69. The van der Waals surface area contributed by atoms with E-state index in [2.05, 4.69) is 15.3 Å². The summed E-state index contributed by atoms with van der Waals surface area (Å²) < 4.78 is 5.06. The van der Waals surface area contributed by atoms with Crippen LogP contribution in [-0.2, 0) is 11.2 Å². The van der Waals surface area contributed by atoms with Crippen molar-refractivity contribution in [3.8, 4) is 5.88 Å². The molecule has 0 aromatic carbocycles. The molecule has 2 aromatic heterocycles. The molecule has 2 amide bonds. The van der Waals surface area contributed by atoms with E-state index < -0.39 is 12.0 Å². The minimum Gasteiger partial charge on any atom is -0.481 e. The molecule has 2 aliphatic heterocycles. The summed E-state index contributed by atoms with van der Waals surface area (Å²) in [6, 6.07) is 6.10. The number of fused-ring (bicyclic) bond motifs is 1. The number of aromatic nitrogens is 2. The number of nitrogens with one attached hydrogen (secondary N) is 1. The number of ether oxygens (including phenoxy) is 1. The number of anilines is 1. The number of rotatable bonds is 9. The van der Waals surface area contributed by atoms with E-state index in [1.807, 2.05) is 6.07 Å². The van der Waals surface area contributed by atoms with E-state index in [4.69, 9.17) is 4.74 Å². The number of ketones is 1. The number of methoxy groups -OCH3 is 1. The zero-order valence-electron chi connectivity index (χ0n) is 18.5. The number of pyridine rings is 2. The largest absolute Gasteiger partial charge is 0.481 e. The molecule has 1 saturated heterocycles. The van der Waals surface area contributed by atoms with Gasteiger partial charge in [-0.15, -0.1) is 0 Å². The van der Waals surface area contributed by atoms with E-state index in [9.17, 15) is 19.5 Å². The Morgan fingerprint density at radius 3 is 2.82 bits per heavy atom. The highest BCUT2D eigenvalue weighted by Crippen LogP contribution is 2.29. The Kier molecular flexibility index (Phi) is 6.71. The third-order valence-electron chi connectivity index (χ3n) is 6.01. The van der Waals surface area contributed by atoms with E-state index in [0.29, 0.717) is 30.2 Å². The quantitative estimate of drug-likeness (QED) is 0.555. The first-order valence-corrected chi connectivity index (χ1v) is 11.0. The van der Waals surface area contributed by atoms with Gasteiger partial charge in [-0.1, -0.05) is 12.1 Å². The molecule has 1 atom stereocenters. The first-order valence-electron chi connectivity index (χ1n) is 11.0. The molecule has 10 nitrogen and oxygen atoms in total. The first-order chi connectivity index (χ1) is 16.0. The molecule has 0 unspecified atom stereocenters. The van der Waals surface area contributed by atoms with Crippen molar-refractivity contribution < 1.29 is 24.2 Å². The van der Waals surface area contributed by atoms with Crippen molar-refractivity contribution in [3.05, 3.63) is 47.3 Å². The predicted molar refractivity (Wildman–Crippen MR) is 119 cm³/mol. The molecule has 0 spiro atoms. The normalized spacial score (nSPS) is 16.2. The number of amides is 2. The fourth-order valence-corrected chi connectivity index (χ4v) is 4.23. The number of carboxylic acids is 1. The third-order valence-corrected chi connectivity index (χ3v) is 6.01. The molecule has 1 fully saturated rings. The second-order valence-corrected chi connectivity index (χ2v) is 8.12. The molecule has 33 heavy (non-hydrogen) atoms. The van der Waals surface area contributed by atoms with Crippen molar-refractivity contribution >= 4 is 23.6 Å². The Morgan fingerprint density at radius 1 is 1.24 bits per heavy atom. The van der Waals surface area contributed by atoms with Crippen molar-refractivity contribution in [2.24, 2.45) is 0 Å². The maximum Gasteiger partial charge on any atom is 0.320 e. The number of aryl methyl sites for hydroxylation is 1. The Labute approximate surface area is 191 Å². The molecular formula is C23H27N5O5. The number of carbonyl (C=O) groups is 3. The van der Waals surface area contributed by atoms with Gasteiger partial charge in [-0.3, -0.25) is 9.59 Å². The first kappa shape index (κ1) is 22.5. The molecule has 4 heterocycles. The second kappa shape index (κ2) is 9.85. The minimum absolute atomic E-state index is 0.127. The summed E-state index contributed by atoms with van der Waals surface area (Å²) >= 11 is 0. The summed E-state index contributed by atoms with van der Waals surface area (Å²) in [7, 11) is 1.50. The van der Waals surface area contributed by atoms with Crippen molar-refractivity contribution in [1.29, 1.82) is 0 Å². The fourth-order valence-electron chi connectivity index (χ4n) is 4.23. The standard InChI is InChI=1S/C23H27N5O5/c1-33-20-7-5-16(14-25-20)18(13-21(30)31)28-12-11-27(23(28)32)10-8-19(29)17-6-4-15-3-2-9-24-22(15)26-17/h4-7,14,18H,2-3,8-13H2,1H3,(H,24,26)(H,30,31)/t18-/m0/s1. The van der Waals surface area contributed by atoms with Crippen LogP contribution in [0, 0.1) is 0 Å². The highest BCUT2D eigenvalue weighted by atomic mass is 16.5. The van der Waals surface area contributed by atoms with Crippen molar-refractivity contribution in [2.75, 3.05) is 38.6 Å². The Morgan fingerprint density at radius 2 is 2.09 bits per heavy atom. The average Bonchev–Trinajstić information content (AvgIpc) is 3.20. The smallest absolute Gasteiger partial charge is 0.320 e. The second-order valence-electron chi connectivity index (χ2n) is 8.12. The fraction of sp³-hybridized carbons (Fsp3) is 0.435. The van der Waals surface area contributed by atoms with E-state index in [-0.39, 0.29) is 31.2 Å². The highest BCUT2D eigenvalue weighted by Gasteiger charge is 2.35. The number of Topliss-reactive ketones (excluding diaryl/α,β-unsaturated/α-hetero) is 1. The van der Waals surface area contributed by atoms with Crippen molar-refractivity contribution in [3.63, 3.8) is 0 Å². The van der Waals surface area contributed by atoms with Crippen molar-refractivity contribution in [2.45, 2.75) is 31.7 Å². The van der Waals surface area contributed by atoms with E-state index >= 15 is 0 Å². The molecule has 2 aromatic rings. The van der Waals surface area contributed by atoms with Gasteiger partial charge in [0.05, 0.1) is 19.6 Å². The van der Waals surface area contributed by atoms with Crippen LogP contribution in [0.4, 0.5) is 10.6 Å². The van der Waals surface area contributed by atoms with Gasteiger partial charge in [-0.25, -0.2) is 14.8 Å². The highest BCUT2D eigenvalue weighted by molar-refractivity contribution is 5.95. The van der Waals surface area contributed by atoms with Gasteiger partial charge in [-0.05, 0) is 30.0 Å². The van der Waals surface area contributed by atoms with E-state index in [1.165, 1.54) is 18.2 Å². The number of urea groups is 1. The molecule has 2 aliphatic rings. The summed E-state index contributed by atoms with van der Waals surface area (Å²) in [5.41, 5.74) is 2.12. The molecule has 0 radical (unpaired) electrons. The molecule has 4 rings (SSSR count). The van der Waals surface area contributed by atoms with Gasteiger partial charge in [0.25, 0.3) is 0 Å². The van der Waals surface area contributed by atoms with Crippen LogP contribution in [-0.4, -0.2) is 75.9 Å². The SMILES string of the molecule is COc1ccc([C@H](CC(=O)O)N2CCN(CCC(=O)c3ccc4c(n3)NCCC4)C2=O)cn1. The van der Waals surface area contributed by atoms with Gasteiger partial charge >= 0.3 is 12.0 Å². The van der Waals surface area contributed by atoms with Gasteiger partial charge < -0.3 is 25.0 Å². The Bertz CT molecular complexity index is 1040. The molecular weight excluding hydrogens is 426 g/mol. The van der Waals surface area contributed by atoms with Crippen LogP contribution in [0.1, 0.15) is 46.9 Å². The summed E-state index contributed by atoms with van der Waals surface area (Å²) in [4.78, 5) is 48.9. The summed E-state index contributed by atoms with van der Waals surface area (Å²) in [6.07, 6.45) is 3.44. The lowest BCUT2D eigenvalue weighted by Crippen LogP contribution is -2.36. The van der Waals surface area contributed by atoms with Crippen LogP contribution >= 0.6 is 0 Å². The molecule has 0 aliphatic carbocycles. The third kappa shape index (κ3) is 5.05. The number of hydrogen-bond acceptors (Lipinski definition) is 7. The van der Waals surface area contributed by atoms with Gasteiger partial charge in [0, 0.05) is 44.9 Å². The molecule has 0 saturated carbocycles. The summed E-state index contributed by atoms with van der Waals surface area (Å²) in [6.45, 7) is 1.89. The molecule has 2 N–H and O–H groups in total. The number of aliphatic carboxylic acids is 1. The molecule has 10 heteroatoms. The van der Waals surface area contributed by atoms with Gasteiger partial charge in [0.2, 0.25) is 5.88 Å². The summed E-state index contributed by atoms with van der Waals surface area (Å²) in [5, 5.41) is 12.6. The topological polar surface area (TPSA) is 125 Å². The Balaban J connectivity index is 1.40. The lowest BCUT2D eigenvalue weighted by molar-refractivity contribution is -0.138. The number of carboxylic acid groups (broad SMARTS) is 1. The van der Waals surface area contributed by atoms with E-state index in [1.54, 1.807) is 23.1 Å². The average molecular weight is 453 g/mol. The molecule has 0 bridgehead atoms. The van der Waals surface area contributed by atoms with Crippen molar-refractivity contribution in [1.82, 2.24) is 19.8 Å². The number of carbonyl (C=O) groups excluding carboxylic acids is 2. The van der Waals surface area contributed by atoms with Crippen LogP contribution in [0.5, 0.6) is 5.88 Å². The zero-order chi connectivity index (χ0) is 23.4. The summed E-state index contributed by atoms with van der Waals surface area (Å²) in [5.74, 6) is 0.0361. The minimum atomic E-state index is -1.01. The van der Waals surface area contributed by atoms with Gasteiger partial charge in [-0.2, -0.15) is 0 Å². The number of hydrogen-bond donors (Lipinski definition) is 2. The van der Waals surface area contributed by atoms with Gasteiger partial charge in [0.15, 0.2) is 5.78 Å². The monoisotopic (exact) mass is 453 g/mol. The van der Waals surface area contributed by atoms with Crippen LogP contribution in [0.25, 0.3) is 0 Å². The predicted octanol–water partition coefficient (Wildman–Crippen LogP) is 2.37. The van der Waals surface area contributed by atoms with E-state index in [0.717, 1.165) is 30.8 Å². The van der Waals surface area contributed by atoms with Gasteiger partial charge in [0.1, 0.15) is 11.5 Å². The zero-order valence-corrected chi connectivity index (χ0v) is 18.5. The number of nitrogens with zero attached hydrogens (tertiary/aromatic N) is 4.